The summed E-state index contributed by atoms with van der Waals surface area (Å²) in [6, 6.07) is 15.9. The predicted molar refractivity (Wildman–Crippen MR) is 96.4 cm³/mol. The lowest BCUT2D eigenvalue weighted by molar-refractivity contribution is 0.102. The Morgan fingerprint density at radius 3 is 2.77 bits per heavy atom. The number of carbonyl (C=O) groups excluding carboxylic acids is 1. The maximum atomic E-state index is 12.4. The summed E-state index contributed by atoms with van der Waals surface area (Å²) in [5.74, 6) is 0.591. The average Bonchev–Trinajstić information content (AvgIpc) is 3.02. The molecule has 4 rings (SSSR count). The van der Waals surface area contributed by atoms with Crippen LogP contribution in [0, 0.1) is 6.92 Å². The second-order valence-corrected chi connectivity index (χ2v) is 5.71. The topological polar surface area (TPSA) is 106 Å². The Balaban J connectivity index is 1.70. The molecule has 4 aromatic rings. The van der Waals surface area contributed by atoms with E-state index in [2.05, 4.69) is 25.6 Å². The minimum atomic E-state index is -0.455. The van der Waals surface area contributed by atoms with Crippen molar-refractivity contribution in [2.24, 2.45) is 0 Å². The fourth-order valence-electron chi connectivity index (χ4n) is 2.59. The fraction of sp³-hybridized carbons (Fsp3) is 0.0556. The quantitative estimate of drug-likeness (QED) is 0.591. The smallest absolute Gasteiger partial charge is 0.277 e. The van der Waals surface area contributed by atoms with Crippen molar-refractivity contribution in [2.75, 3.05) is 5.32 Å². The molecule has 3 heterocycles. The minimum absolute atomic E-state index is 0.0986. The van der Waals surface area contributed by atoms with Crippen molar-refractivity contribution in [1.82, 2.24) is 25.0 Å². The van der Waals surface area contributed by atoms with Crippen LogP contribution in [0.5, 0.6) is 0 Å². The van der Waals surface area contributed by atoms with Crippen LogP contribution in [-0.2, 0) is 0 Å². The van der Waals surface area contributed by atoms with Crippen molar-refractivity contribution in [3.8, 4) is 5.82 Å². The van der Waals surface area contributed by atoms with Crippen molar-refractivity contribution in [3.63, 3.8) is 0 Å². The van der Waals surface area contributed by atoms with Gasteiger partial charge < -0.3 is 5.32 Å². The molecule has 1 aromatic carbocycles. The number of fused-ring (bicyclic) bond motifs is 1. The summed E-state index contributed by atoms with van der Waals surface area (Å²) in [5.41, 5.74) is 1.28. The molecule has 8 nitrogen and oxygen atoms in total. The van der Waals surface area contributed by atoms with Gasteiger partial charge in [0.25, 0.3) is 11.5 Å². The highest BCUT2D eigenvalue weighted by molar-refractivity contribution is 6.02. The Morgan fingerprint density at radius 1 is 1.12 bits per heavy atom. The molecule has 1 amide bonds. The molecular formula is C18H14N6O2. The number of carbonyl (C=O) groups is 1. The Morgan fingerprint density at radius 2 is 1.96 bits per heavy atom. The van der Waals surface area contributed by atoms with Crippen molar-refractivity contribution in [2.45, 2.75) is 6.92 Å². The van der Waals surface area contributed by atoms with Crippen LogP contribution in [0.25, 0.3) is 16.7 Å². The van der Waals surface area contributed by atoms with Gasteiger partial charge in [0.2, 0.25) is 0 Å². The first-order valence-corrected chi connectivity index (χ1v) is 7.90. The van der Waals surface area contributed by atoms with Gasteiger partial charge in [-0.25, -0.2) is 10.1 Å². The van der Waals surface area contributed by atoms with Crippen LogP contribution in [0.2, 0.25) is 0 Å². The second kappa shape index (κ2) is 6.25. The lowest BCUT2D eigenvalue weighted by Gasteiger charge is -2.08. The Kier molecular flexibility index (Phi) is 3.77. The number of nitrogens with one attached hydrogen (secondary N) is 2. The normalized spacial score (nSPS) is 10.8. The predicted octanol–water partition coefficient (Wildman–Crippen LogP) is 2.06. The van der Waals surface area contributed by atoms with Gasteiger partial charge in [-0.1, -0.05) is 18.2 Å². The maximum absolute atomic E-state index is 12.4. The second-order valence-electron chi connectivity index (χ2n) is 5.71. The first-order chi connectivity index (χ1) is 12.6. The Hall–Kier alpha value is -3.81. The highest BCUT2D eigenvalue weighted by Gasteiger charge is 2.14. The van der Waals surface area contributed by atoms with E-state index in [4.69, 9.17) is 0 Å². The van der Waals surface area contributed by atoms with Crippen LogP contribution in [-0.4, -0.2) is 30.9 Å². The summed E-state index contributed by atoms with van der Waals surface area (Å²) >= 11 is 0. The largest absolute Gasteiger partial charge is 0.305 e. The lowest BCUT2D eigenvalue weighted by Crippen LogP contribution is -2.19. The van der Waals surface area contributed by atoms with E-state index < -0.39 is 5.91 Å². The number of anilines is 1. The van der Waals surface area contributed by atoms with Crippen molar-refractivity contribution in [3.05, 3.63) is 76.3 Å². The van der Waals surface area contributed by atoms with E-state index in [0.29, 0.717) is 11.6 Å². The van der Waals surface area contributed by atoms with Crippen LogP contribution < -0.4 is 10.9 Å². The number of para-hydroxylation sites is 1. The summed E-state index contributed by atoms with van der Waals surface area (Å²) in [4.78, 5) is 28.1. The minimum Gasteiger partial charge on any atom is -0.305 e. The van der Waals surface area contributed by atoms with Crippen molar-refractivity contribution >= 4 is 22.6 Å². The van der Waals surface area contributed by atoms with Gasteiger partial charge in [0.15, 0.2) is 5.82 Å². The molecule has 26 heavy (non-hydrogen) atoms. The van der Waals surface area contributed by atoms with Gasteiger partial charge in [0, 0.05) is 17.5 Å². The van der Waals surface area contributed by atoms with Gasteiger partial charge in [-0.05, 0) is 31.2 Å². The summed E-state index contributed by atoms with van der Waals surface area (Å²) in [6.07, 6.45) is 0. The molecule has 0 unspecified atom stereocenters. The van der Waals surface area contributed by atoms with Crippen molar-refractivity contribution < 1.29 is 4.79 Å². The number of benzene rings is 1. The van der Waals surface area contributed by atoms with Crippen LogP contribution >= 0.6 is 0 Å². The monoisotopic (exact) mass is 346 g/mol. The zero-order chi connectivity index (χ0) is 18.1. The number of nitrogens with zero attached hydrogens (tertiary/aromatic N) is 4. The molecule has 0 saturated heterocycles. The zero-order valence-corrected chi connectivity index (χ0v) is 13.8. The van der Waals surface area contributed by atoms with E-state index in [1.807, 2.05) is 43.3 Å². The number of aromatic amines is 1. The number of H-pyrrole nitrogens is 1. The molecule has 0 spiro atoms. The summed E-state index contributed by atoms with van der Waals surface area (Å²) in [7, 11) is 0. The van der Waals surface area contributed by atoms with E-state index in [-0.39, 0.29) is 11.3 Å². The standard InChI is InChI=1S/C18H14N6O2/c1-11-10-16(20-18(26)14-7-9-17(25)22-21-14)24(23-11)15-8-6-12-4-2-3-5-13(12)19-15/h2-10H,1H3,(H,20,26)(H,22,25). The van der Waals surface area contributed by atoms with E-state index in [9.17, 15) is 9.59 Å². The molecular weight excluding hydrogens is 332 g/mol. The number of amides is 1. The SMILES string of the molecule is Cc1cc(NC(=O)c2ccc(=O)[nH]n2)n(-c2ccc3ccccc3n2)n1. The van der Waals surface area contributed by atoms with Gasteiger partial charge in [0.1, 0.15) is 11.5 Å². The van der Waals surface area contributed by atoms with Crippen LogP contribution in [0.15, 0.2) is 59.4 Å². The molecule has 0 radical (unpaired) electrons. The van der Waals surface area contributed by atoms with E-state index in [1.54, 1.807) is 10.7 Å². The van der Waals surface area contributed by atoms with Crippen molar-refractivity contribution in [1.29, 1.82) is 0 Å². The van der Waals surface area contributed by atoms with Gasteiger partial charge >= 0.3 is 0 Å². The van der Waals surface area contributed by atoms with Gasteiger partial charge in [-0.3, -0.25) is 9.59 Å². The molecule has 0 aliphatic heterocycles. The van der Waals surface area contributed by atoms with Gasteiger partial charge in [-0.15, -0.1) is 0 Å². The zero-order valence-electron chi connectivity index (χ0n) is 13.8. The fourth-order valence-corrected chi connectivity index (χ4v) is 2.59. The molecule has 0 fully saturated rings. The molecule has 0 atom stereocenters. The number of hydrogen-bond acceptors (Lipinski definition) is 5. The van der Waals surface area contributed by atoms with Crippen LogP contribution in [0.4, 0.5) is 5.82 Å². The highest BCUT2D eigenvalue weighted by Crippen LogP contribution is 2.19. The Labute approximate surface area is 147 Å². The summed E-state index contributed by atoms with van der Waals surface area (Å²) in [5, 5.41) is 14.1. The third-order valence-electron chi connectivity index (χ3n) is 3.79. The van der Waals surface area contributed by atoms with E-state index >= 15 is 0 Å². The first-order valence-electron chi connectivity index (χ1n) is 7.90. The summed E-state index contributed by atoms with van der Waals surface area (Å²) in [6.45, 7) is 1.82. The van der Waals surface area contributed by atoms with Gasteiger partial charge in [-0.2, -0.15) is 14.9 Å². The first kappa shape index (κ1) is 15.7. The highest BCUT2D eigenvalue weighted by atomic mass is 16.2. The lowest BCUT2D eigenvalue weighted by atomic mass is 10.2. The number of hydrogen-bond donors (Lipinski definition) is 2. The third-order valence-corrected chi connectivity index (χ3v) is 3.79. The molecule has 0 aliphatic rings. The number of rotatable bonds is 3. The molecule has 128 valence electrons. The van der Waals surface area contributed by atoms with Crippen LogP contribution in [0.3, 0.4) is 0 Å². The number of pyridine rings is 1. The molecule has 0 saturated carbocycles. The van der Waals surface area contributed by atoms with E-state index in [0.717, 1.165) is 16.6 Å². The van der Waals surface area contributed by atoms with E-state index in [1.165, 1.54) is 12.1 Å². The molecule has 2 N–H and O–H groups in total. The number of aryl methyl sites for hydroxylation is 1. The van der Waals surface area contributed by atoms with Gasteiger partial charge in [0.05, 0.1) is 11.2 Å². The maximum Gasteiger partial charge on any atom is 0.277 e. The third kappa shape index (κ3) is 2.95. The molecule has 8 heteroatoms. The molecule has 3 aromatic heterocycles. The summed E-state index contributed by atoms with van der Waals surface area (Å²) < 4.78 is 1.56. The molecule has 0 bridgehead atoms. The van der Waals surface area contributed by atoms with Crippen LogP contribution in [0.1, 0.15) is 16.2 Å². The number of aromatic nitrogens is 5. The molecule has 0 aliphatic carbocycles. The average molecular weight is 346 g/mol. The Bertz CT molecular complexity index is 1160.